The number of halogens is 1. The van der Waals surface area contributed by atoms with Crippen molar-refractivity contribution in [3.05, 3.63) is 0 Å². The van der Waals surface area contributed by atoms with Crippen LogP contribution in [-0.2, 0) is 13.3 Å². The summed E-state index contributed by atoms with van der Waals surface area (Å²) >= 11 is 6.13. The van der Waals surface area contributed by atoms with Crippen LogP contribution in [0.1, 0.15) is 117 Å². The molecule has 0 aliphatic rings. The van der Waals surface area contributed by atoms with Gasteiger partial charge in [-0.05, 0) is 18.8 Å². The highest BCUT2D eigenvalue weighted by molar-refractivity contribution is 6.62. The highest BCUT2D eigenvalue weighted by Gasteiger charge is 2.49. The van der Waals surface area contributed by atoms with Crippen LogP contribution in [0.2, 0.25) is 5.54 Å². The Bertz CT molecular complexity index is 338. The minimum atomic E-state index is -2.61. The molecule has 2 atom stereocenters. The Hall–Kier alpha value is 0.347. The lowest BCUT2D eigenvalue weighted by Gasteiger charge is -2.37. The van der Waals surface area contributed by atoms with Gasteiger partial charge < -0.3 is 19.4 Å². The van der Waals surface area contributed by atoms with E-state index in [1.807, 2.05) is 0 Å². The largest absolute Gasteiger partial charge is 0.503 e. The normalized spacial score (nSPS) is 13.8. The third-order valence-corrected chi connectivity index (χ3v) is 10.2. The maximum absolute atomic E-state index is 6.13. The van der Waals surface area contributed by atoms with E-state index in [1.54, 1.807) is 21.3 Å². The monoisotopic (exact) mass is 467 g/mol. The minimum Gasteiger partial charge on any atom is -0.377 e. The summed E-state index contributed by atoms with van der Waals surface area (Å²) in [4.78, 5) is 0. The average Bonchev–Trinajstić information content (AvgIpc) is 2.75. The molecule has 3 N–H and O–H groups in total. The first kappa shape index (κ1) is 32.5. The van der Waals surface area contributed by atoms with Crippen molar-refractivity contribution < 1.29 is 13.3 Å². The van der Waals surface area contributed by atoms with Gasteiger partial charge in [-0.2, -0.15) is 0 Å². The fourth-order valence-electron chi connectivity index (χ4n) is 4.69. The molecular weight excluding hydrogens is 414 g/mol. The SMILES string of the molecule is CCCCCCCCCCCCCCCC(CCCl)C(CC)[Si](OC)(OC)OC.N. The van der Waals surface area contributed by atoms with Crippen LogP contribution < -0.4 is 6.15 Å². The molecule has 4 nitrogen and oxygen atoms in total. The van der Waals surface area contributed by atoms with Gasteiger partial charge in [0.2, 0.25) is 0 Å². The fraction of sp³-hybridized carbons (Fsp3) is 1.00. The molecule has 30 heavy (non-hydrogen) atoms. The first-order valence-corrected chi connectivity index (χ1v) is 14.7. The molecule has 0 fully saturated rings. The molecule has 0 saturated heterocycles. The van der Waals surface area contributed by atoms with E-state index in [2.05, 4.69) is 13.8 Å². The van der Waals surface area contributed by atoms with E-state index < -0.39 is 8.80 Å². The summed E-state index contributed by atoms with van der Waals surface area (Å²) in [6, 6.07) is 0. The van der Waals surface area contributed by atoms with Gasteiger partial charge in [0.05, 0.1) is 0 Å². The first-order chi connectivity index (χ1) is 14.2. The van der Waals surface area contributed by atoms with Crippen LogP contribution in [0.15, 0.2) is 0 Å². The molecule has 0 aromatic carbocycles. The standard InChI is InChI=1S/C24H51ClO3Si.H3N/c1-6-8-9-10-11-12-13-14-15-16-17-18-19-20-23(21-22-25)24(7-2)29(26-3,27-4)28-5;/h23-24H,6-22H2,1-5H3;1H3. The lowest BCUT2D eigenvalue weighted by atomic mass is 9.93. The van der Waals surface area contributed by atoms with Crippen molar-refractivity contribution in [2.75, 3.05) is 27.2 Å². The third kappa shape index (κ3) is 13.7. The van der Waals surface area contributed by atoms with Crippen molar-refractivity contribution in [2.45, 2.75) is 122 Å². The number of hydrogen-bond donors (Lipinski definition) is 1. The summed E-state index contributed by atoms with van der Waals surface area (Å²) in [6.45, 7) is 4.50. The molecule has 0 bridgehead atoms. The Morgan fingerprint density at radius 1 is 0.633 bits per heavy atom. The molecule has 0 aliphatic heterocycles. The molecule has 0 heterocycles. The molecule has 0 radical (unpaired) electrons. The highest BCUT2D eigenvalue weighted by Crippen LogP contribution is 2.39. The molecule has 0 aromatic rings. The zero-order chi connectivity index (χ0) is 21.8. The van der Waals surface area contributed by atoms with Crippen LogP contribution in [-0.4, -0.2) is 36.0 Å². The van der Waals surface area contributed by atoms with Gasteiger partial charge >= 0.3 is 8.80 Å². The molecule has 0 spiro atoms. The van der Waals surface area contributed by atoms with E-state index in [0.717, 1.165) is 12.8 Å². The van der Waals surface area contributed by atoms with Crippen LogP contribution in [0.4, 0.5) is 0 Å². The highest BCUT2D eigenvalue weighted by atomic mass is 35.5. The third-order valence-electron chi connectivity index (χ3n) is 6.47. The molecule has 0 aliphatic carbocycles. The van der Waals surface area contributed by atoms with E-state index in [-0.39, 0.29) is 6.15 Å². The van der Waals surface area contributed by atoms with Crippen molar-refractivity contribution in [2.24, 2.45) is 5.92 Å². The van der Waals surface area contributed by atoms with Gasteiger partial charge in [-0.25, -0.2) is 0 Å². The Morgan fingerprint density at radius 2 is 1.03 bits per heavy atom. The van der Waals surface area contributed by atoms with Crippen molar-refractivity contribution >= 4 is 20.4 Å². The second-order valence-electron chi connectivity index (χ2n) is 8.50. The van der Waals surface area contributed by atoms with Crippen LogP contribution in [0.5, 0.6) is 0 Å². The van der Waals surface area contributed by atoms with Gasteiger partial charge in [0.15, 0.2) is 0 Å². The molecular formula is C24H54ClNO3Si. The summed E-state index contributed by atoms with van der Waals surface area (Å²) in [6.07, 6.45) is 21.4. The Balaban J connectivity index is 0. The van der Waals surface area contributed by atoms with Gasteiger partial charge in [-0.15, -0.1) is 11.6 Å². The van der Waals surface area contributed by atoms with E-state index in [1.165, 1.54) is 89.9 Å². The minimum absolute atomic E-state index is 0. The summed E-state index contributed by atoms with van der Waals surface area (Å²) in [5.41, 5.74) is 0.332. The number of unbranched alkanes of at least 4 members (excludes halogenated alkanes) is 12. The second-order valence-corrected chi connectivity index (χ2v) is 12.1. The quantitative estimate of drug-likeness (QED) is 0.0983. The lowest BCUT2D eigenvalue weighted by molar-refractivity contribution is 0.0979. The Kier molecular flexibility index (Phi) is 24.4. The molecule has 0 saturated carbocycles. The fourth-order valence-corrected chi connectivity index (χ4v) is 7.79. The van der Waals surface area contributed by atoms with E-state index in [4.69, 9.17) is 24.9 Å². The van der Waals surface area contributed by atoms with Crippen molar-refractivity contribution in [1.29, 1.82) is 0 Å². The van der Waals surface area contributed by atoms with Gasteiger partial charge in [0, 0.05) is 32.8 Å². The lowest BCUT2D eigenvalue weighted by Crippen LogP contribution is -2.50. The van der Waals surface area contributed by atoms with E-state index in [0.29, 0.717) is 17.3 Å². The van der Waals surface area contributed by atoms with Gasteiger partial charge in [-0.1, -0.05) is 104 Å². The van der Waals surface area contributed by atoms with Crippen LogP contribution in [0.25, 0.3) is 0 Å². The predicted molar refractivity (Wildman–Crippen MR) is 135 cm³/mol. The molecule has 2 unspecified atom stereocenters. The number of rotatable bonds is 22. The smallest absolute Gasteiger partial charge is 0.377 e. The Labute approximate surface area is 195 Å². The second kappa shape index (κ2) is 22.5. The summed E-state index contributed by atoms with van der Waals surface area (Å²) < 4.78 is 17.4. The Morgan fingerprint density at radius 3 is 1.37 bits per heavy atom. The molecule has 184 valence electrons. The number of alkyl halides is 1. The van der Waals surface area contributed by atoms with Gasteiger partial charge in [0.25, 0.3) is 0 Å². The van der Waals surface area contributed by atoms with Gasteiger partial charge in [0.1, 0.15) is 0 Å². The summed E-state index contributed by atoms with van der Waals surface area (Å²) in [5, 5.41) is 0. The van der Waals surface area contributed by atoms with Crippen LogP contribution >= 0.6 is 11.6 Å². The van der Waals surface area contributed by atoms with E-state index in [9.17, 15) is 0 Å². The van der Waals surface area contributed by atoms with Crippen LogP contribution in [0.3, 0.4) is 0 Å². The topological polar surface area (TPSA) is 62.7 Å². The zero-order valence-corrected chi connectivity index (χ0v) is 22.7. The predicted octanol–water partition coefficient (Wildman–Crippen LogP) is 8.53. The van der Waals surface area contributed by atoms with Crippen molar-refractivity contribution in [3.63, 3.8) is 0 Å². The maximum atomic E-state index is 6.13. The molecule has 0 aromatic heterocycles. The maximum Gasteiger partial charge on any atom is 0.503 e. The first-order valence-electron chi connectivity index (χ1n) is 12.4. The van der Waals surface area contributed by atoms with Gasteiger partial charge in [-0.3, -0.25) is 0 Å². The van der Waals surface area contributed by atoms with Crippen molar-refractivity contribution in [3.8, 4) is 0 Å². The molecule has 6 heteroatoms. The number of hydrogen-bond acceptors (Lipinski definition) is 4. The van der Waals surface area contributed by atoms with Crippen molar-refractivity contribution in [1.82, 2.24) is 6.15 Å². The molecule has 0 amide bonds. The van der Waals surface area contributed by atoms with Crippen LogP contribution in [0, 0.1) is 5.92 Å². The summed E-state index contributed by atoms with van der Waals surface area (Å²) in [7, 11) is 2.57. The average molecular weight is 468 g/mol. The van der Waals surface area contributed by atoms with E-state index >= 15 is 0 Å². The zero-order valence-electron chi connectivity index (χ0n) is 21.0. The molecule has 0 rings (SSSR count). The summed E-state index contributed by atoms with van der Waals surface area (Å²) in [5.74, 6) is 1.22.